The predicted octanol–water partition coefficient (Wildman–Crippen LogP) is 3.31. The molecule has 0 radical (unpaired) electrons. The third kappa shape index (κ3) is 4.67. The van der Waals surface area contributed by atoms with Crippen LogP contribution in [0.2, 0.25) is 0 Å². The molecular formula is C22H23BrN4O2. The molecule has 0 atom stereocenters. The first-order chi connectivity index (χ1) is 14.1. The van der Waals surface area contributed by atoms with Gasteiger partial charge in [-0.05, 0) is 49.2 Å². The number of carbonyl (C=O) groups excluding carboxylic acids is 2. The number of carbonyl (C=O) groups is 2. The van der Waals surface area contributed by atoms with Crippen LogP contribution < -0.4 is 5.32 Å². The standard InChI is InChI=1S/C22H23BrN4O2/c23-18-6-4-17(5-7-18)22(29)26-13-9-16(10-14-26)21(28)24-11-8-19-15-27-12-2-1-3-20(27)25-19/h1-7,12,15-16H,8-11,13-14H2,(H,24,28). The predicted molar refractivity (Wildman–Crippen MR) is 115 cm³/mol. The summed E-state index contributed by atoms with van der Waals surface area (Å²) in [6.45, 7) is 1.79. The molecule has 7 heteroatoms. The second-order valence-electron chi connectivity index (χ2n) is 7.31. The van der Waals surface area contributed by atoms with Gasteiger partial charge in [0, 0.05) is 54.4 Å². The molecule has 0 saturated carbocycles. The molecule has 0 unspecified atom stereocenters. The number of fused-ring (bicyclic) bond motifs is 1. The lowest BCUT2D eigenvalue weighted by atomic mass is 9.95. The third-order valence-electron chi connectivity index (χ3n) is 5.34. The van der Waals surface area contributed by atoms with E-state index in [0.717, 1.165) is 15.8 Å². The van der Waals surface area contributed by atoms with Gasteiger partial charge in [-0.3, -0.25) is 9.59 Å². The molecule has 2 aromatic heterocycles. The second kappa shape index (κ2) is 8.78. The Balaban J connectivity index is 1.23. The van der Waals surface area contributed by atoms with Crippen molar-refractivity contribution in [1.82, 2.24) is 19.6 Å². The first kappa shape index (κ1) is 19.6. The van der Waals surface area contributed by atoms with Crippen LogP contribution in [-0.4, -0.2) is 45.7 Å². The zero-order valence-corrected chi connectivity index (χ0v) is 17.6. The Bertz CT molecular complexity index is 974. The van der Waals surface area contributed by atoms with Gasteiger partial charge >= 0.3 is 0 Å². The molecule has 4 rings (SSSR count). The zero-order chi connectivity index (χ0) is 20.2. The van der Waals surface area contributed by atoms with Gasteiger partial charge in [-0.15, -0.1) is 0 Å². The highest BCUT2D eigenvalue weighted by Crippen LogP contribution is 2.20. The van der Waals surface area contributed by atoms with Crippen LogP contribution in [0.15, 0.2) is 59.3 Å². The molecule has 0 bridgehead atoms. The number of halogens is 1. The number of imidazole rings is 1. The molecule has 3 heterocycles. The summed E-state index contributed by atoms with van der Waals surface area (Å²) in [4.78, 5) is 31.5. The molecule has 1 aliphatic rings. The van der Waals surface area contributed by atoms with Crippen LogP contribution in [0.4, 0.5) is 0 Å². The summed E-state index contributed by atoms with van der Waals surface area (Å²) in [5.41, 5.74) is 2.56. The number of hydrogen-bond donors (Lipinski definition) is 1. The number of amides is 2. The van der Waals surface area contributed by atoms with E-state index in [2.05, 4.69) is 26.2 Å². The number of nitrogens with zero attached hydrogens (tertiary/aromatic N) is 3. The monoisotopic (exact) mass is 454 g/mol. The summed E-state index contributed by atoms with van der Waals surface area (Å²) < 4.78 is 2.93. The molecule has 3 aromatic rings. The van der Waals surface area contributed by atoms with Crippen molar-refractivity contribution < 1.29 is 9.59 Å². The molecule has 29 heavy (non-hydrogen) atoms. The zero-order valence-electron chi connectivity index (χ0n) is 16.1. The third-order valence-corrected chi connectivity index (χ3v) is 5.87. The van der Waals surface area contributed by atoms with Crippen LogP contribution in [0.25, 0.3) is 5.65 Å². The maximum absolute atomic E-state index is 12.6. The highest BCUT2D eigenvalue weighted by atomic mass is 79.9. The number of benzene rings is 1. The largest absolute Gasteiger partial charge is 0.355 e. The fourth-order valence-electron chi connectivity index (χ4n) is 3.69. The Morgan fingerprint density at radius 2 is 1.86 bits per heavy atom. The maximum atomic E-state index is 12.6. The van der Waals surface area contributed by atoms with E-state index >= 15 is 0 Å². The van der Waals surface area contributed by atoms with Gasteiger partial charge in [0.1, 0.15) is 5.65 Å². The van der Waals surface area contributed by atoms with Crippen LogP contribution in [0.1, 0.15) is 28.9 Å². The molecule has 1 N–H and O–H groups in total. The Kier molecular flexibility index (Phi) is 5.94. The Morgan fingerprint density at radius 1 is 1.10 bits per heavy atom. The first-order valence-corrected chi connectivity index (χ1v) is 10.6. The fourth-order valence-corrected chi connectivity index (χ4v) is 3.95. The number of aromatic nitrogens is 2. The molecular weight excluding hydrogens is 432 g/mol. The minimum Gasteiger partial charge on any atom is -0.355 e. The van der Waals surface area contributed by atoms with E-state index in [1.165, 1.54) is 0 Å². The Morgan fingerprint density at radius 3 is 2.59 bits per heavy atom. The van der Waals surface area contributed by atoms with Gasteiger partial charge in [0.2, 0.25) is 5.91 Å². The Hall–Kier alpha value is -2.67. The first-order valence-electron chi connectivity index (χ1n) is 9.85. The quantitative estimate of drug-likeness (QED) is 0.642. The maximum Gasteiger partial charge on any atom is 0.253 e. The van der Waals surface area contributed by atoms with E-state index in [0.29, 0.717) is 44.5 Å². The van der Waals surface area contributed by atoms with Crippen molar-refractivity contribution >= 4 is 33.4 Å². The van der Waals surface area contributed by atoms with Gasteiger partial charge in [0.25, 0.3) is 5.91 Å². The lowest BCUT2D eigenvalue weighted by Gasteiger charge is -2.31. The molecule has 1 aliphatic heterocycles. The molecule has 0 aliphatic carbocycles. The van der Waals surface area contributed by atoms with Crippen molar-refractivity contribution in [3.05, 3.63) is 70.6 Å². The molecule has 1 saturated heterocycles. The fraction of sp³-hybridized carbons (Fsp3) is 0.318. The van der Waals surface area contributed by atoms with E-state index in [4.69, 9.17) is 0 Å². The Labute approximate surface area is 178 Å². The molecule has 6 nitrogen and oxygen atoms in total. The summed E-state index contributed by atoms with van der Waals surface area (Å²) in [5, 5.41) is 3.03. The molecule has 150 valence electrons. The van der Waals surface area contributed by atoms with Crippen molar-refractivity contribution in [1.29, 1.82) is 0 Å². The van der Waals surface area contributed by atoms with Crippen LogP contribution in [0, 0.1) is 5.92 Å². The minimum atomic E-state index is -0.0370. The van der Waals surface area contributed by atoms with E-state index in [9.17, 15) is 9.59 Å². The summed E-state index contributed by atoms with van der Waals surface area (Å²) in [6, 6.07) is 13.3. The normalized spacial score (nSPS) is 14.9. The van der Waals surface area contributed by atoms with Crippen molar-refractivity contribution in [2.45, 2.75) is 19.3 Å². The van der Waals surface area contributed by atoms with Gasteiger partial charge in [-0.1, -0.05) is 22.0 Å². The number of likely N-dealkylation sites (tertiary alicyclic amines) is 1. The summed E-state index contributed by atoms with van der Waals surface area (Å²) in [7, 11) is 0. The second-order valence-corrected chi connectivity index (χ2v) is 8.23. The molecule has 1 fully saturated rings. The van der Waals surface area contributed by atoms with Crippen molar-refractivity contribution in [3.8, 4) is 0 Å². The SMILES string of the molecule is O=C(NCCc1cn2ccccc2n1)C1CCN(C(=O)c2ccc(Br)cc2)CC1. The van der Waals surface area contributed by atoms with Crippen LogP contribution in [-0.2, 0) is 11.2 Å². The van der Waals surface area contributed by atoms with Gasteiger partial charge < -0.3 is 14.6 Å². The highest BCUT2D eigenvalue weighted by Gasteiger charge is 2.27. The average molecular weight is 455 g/mol. The van der Waals surface area contributed by atoms with Crippen molar-refractivity contribution in [2.24, 2.45) is 5.92 Å². The average Bonchev–Trinajstić information content (AvgIpc) is 3.16. The lowest BCUT2D eigenvalue weighted by molar-refractivity contribution is -0.126. The van der Waals surface area contributed by atoms with E-state index in [1.54, 1.807) is 0 Å². The minimum absolute atomic E-state index is 0.0307. The molecule has 1 aromatic carbocycles. The molecule has 0 spiro atoms. The number of piperidine rings is 1. The van der Waals surface area contributed by atoms with Crippen LogP contribution >= 0.6 is 15.9 Å². The topological polar surface area (TPSA) is 66.7 Å². The highest BCUT2D eigenvalue weighted by molar-refractivity contribution is 9.10. The summed E-state index contributed by atoms with van der Waals surface area (Å²) in [6.07, 6.45) is 6.06. The van der Waals surface area contributed by atoms with Gasteiger partial charge in [-0.2, -0.15) is 0 Å². The van der Waals surface area contributed by atoms with E-state index < -0.39 is 0 Å². The van der Waals surface area contributed by atoms with Gasteiger partial charge in [-0.25, -0.2) is 4.98 Å². The summed E-state index contributed by atoms with van der Waals surface area (Å²) >= 11 is 3.38. The van der Waals surface area contributed by atoms with Gasteiger partial charge in [0.15, 0.2) is 0 Å². The van der Waals surface area contributed by atoms with Gasteiger partial charge in [0.05, 0.1) is 5.69 Å². The number of pyridine rings is 1. The number of rotatable bonds is 5. The van der Waals surface area contributed by atoms with Crippen molar-refractivity contribution in [3.63, 3.8) is 0 Å². The molecule has 2 amide bonds. The summed E-state index contributed by atoms with van der Waals surface area (Å²) in [5.74, 6) is 0.0674. The number of nitrogens with one attached hydrogen (secondary N) is 1. The van der Waals surface area contributed by atoms with E-state index in [-0.39, 0.29) is 17.7 Å². The number of hydrogen-bond acceptors (Lipinski definition) is 3. The van der Waals surface area contributed by atoms with Crippen molar-refractivity contribution in [2.75, 3.05) is 19.6 Å². The van der Waals surface area contributed by atoms with Crippen LogP contribution in [0.3, 0.4) is 0 Å². The lowest BCUT2D eigenvalue weighted by Crippen LogP contribution is -2.43. The smallest absolute Gasteiger partial charge is 0.253 e. The van der Waals surface area contributed by atoms with Crippen LogP contribution in [0.5, 0.6) is 0 Å². The van der Waals surface area contributed by atoms with E-state index in [1.807, 2.05) is 64.2 Å².